The molecule has 0 saturated carbocycles. The van der Waals surface area contributed by atoms with Gasteiger partial charge < -0.3 is 19.0 Å². The lowest BCUT2D eigenvalue weighted by Crippen LogP contribution is -2.00. The van der Waals surface area contributed by atoms with E-state index in [1.807, 2.05) is 0 Å². The molecule has 0 amide bonds. The molecule has 18 heavy (non-hydrogen) atoms. The Bertz CT molecular complexity index is 663. The normalized spacial score (nSPS) is 15.6. The number of hydrogen-bond donors (Lipinski definition) is 1. The van der Waals surface area contributed by atoms with Gasteiger partial charge in [-0.3, -0.25) is 0 Å². The Hall–Kier alpha value is -1.80. The third kappa shape index (κ3) is 1.89. The summed E-state index contributed by atoms with van der Waals surface area (Å²) in [6.45, 7) is 1.05. The fourth-order valence-corrected chi connectivity index (χ4v) is 2.21. The van der Waals surface area contributed by atoms with Gasteiger partial charge >= 0.3 is 0 Å². The van der Waals surface area contributed by atoms with E-state index in [2.05, 4.69) is 9.97 Å². The van der Waals surface area contributed by atoms with Gasteiger partial charge in [0.25, 0.3) is 0 Å². The van der Waals surface area contributed by atoms with Crippen molar-refractivity contribution < 1.29 is 22.4 Å². The molecule has 0 saturated heterocycles. The molecule has 0 bridgehead atoms. The summed E-state index contributed by atoms with van der Waals surface area (Å²) in [6, 6.07) is 3.14. The van der Waals surface area contributed by atoms with Crippen LogP contribution in [0.5, 0.6) is 11.5 Å². The summed E-state index contributed by atoms with van der Waals surface area (Å²) >= 11 is 0. The van der Waals surface area contributed by atoms with Crippen LogP contribution in [0.2, 0.25) is 0 Å². The summed E-state index contributed by atoms with van der Waals surface area (Å²) in [6.07, 6.45) is 0.774. The van der Waals surface area contributed by atoms with Crippen molar-refractivity contribution in [2.45, 2.75) is 11.6 Å². The summed E-state index contributed by atoms with van der Waals surface area (Å²) in [7, 11) is -4.59. The van der Waals surface area contributed by atoms with Gasteiger partial charge in [-0.15, -0.1) is 0 Å². The molecular formula is C10H9N2O5S-. The second kappa shape index (κ2) is 3.85. The zero-order valence-electron chi connectivity index (χ0n) is 9.17. The fraction of sp³-hybridized carbons (Fsp3) is 0.300. The van der Waals surface area contributed by atoms with Gasteiger partial charge in [0.15, 0.2) is 21.6 Å². The molecule has 0 radical (unpaired) electrons. The molecule has 1 aliphatic rings. The number of aromatic nitrogens is 2. The number of nitrogens with zero attached hydrogens (tertiary/aromatic N) is 1. The summed E-state index contributed by atoms with van der Waals surface area (Å²) < 4.78 is 43.5. The Morgan fingerprint density at radius 3 is 2.56 bits per heavy atom. The van der Waals surface area contributed by atoms with Crippen LogP contribution in [0.3, 0.4) is 0 Å². The molecule has 0 fully saturated rings. The largest absolute Gasteiger partial charge is 0.742 e. The molecule has 2 aromatic rings. The number of imidazole rings is 1. The number of fused-ring (bicyclic) bond motifs is 2. The number of hydrogen-bond acceptors (Lipinski definition) is 6. The molecule has 0 spiro atoms. The van der Waals surface area contributed by atoms with Crippen LogP contribution in [0, 0.1) is 0 Å². The van der Waals surface area contributed by atoms with E-state index in [-0.39, 0.29) is 0 Å². The van der Waals surface area contributed by atoms with Crippen molar-refractivity contribution in [2.24, 2.45) is 0 Å². The number of nitrogens with one attached hydrogen (secondary N) is 1. The number of ether oxygens (including phenoxy) is 2. The molecular weight excluding hydrogens is 260 g/mol. The van der Waals surface area contributed by atoms with E-state index in [0.717, 1.165) is 6.42 Å². The molecule has 0 aliphatic carbocycles. The standard InChI is InChI=1S/C10H10N2O5S/c13-18(14,15)10-11-6-4-8-9(5-7(6)12-10)17-3-1-2-16-8/h4-5H,1-3H2,(H,11,12)(H,13,14,15)/p-1. The van der Waals surface area contributed by atoms with Gasteiger partial charge in [-0.25, -0.2) is 13.4 Å². The van der Waals surface area contributed by atoms with Gasteiger partial charge in [0.2, 0.25) is 5.16 Å². The van der Waals surface area contributed by atoms with E-state index in [4.69, 9.17) is 9.47 Å². The van der Waals surface area contributed by atoms with Gasteiger partial charge in [0.05, 0.1) is 24.2 Å². The molecule has 3 rings (SSSR count). The quantitative estimate of drug-likeness (QED) is 0.761. The molecule has 96 valence electrons. The second-order valence-electron chi connectivity index (χ2n) is 3.86. The van der Waals surface area contributed by atoms with Crippen LogP contribution in [0.25, 0.3) is 11.0 Å². The topological polar surface area (TPSA) is 104 Å². The number of aromatic amines is 1. The van der Waals surface area contributed by atoms with Crippen LogP contribution < -0.4 is 9.47 Å². The van der Waals surface area contributed by atoms with Crippen molar-refractivity contribution in [3.8, 4) is 11.5 Å². The van der Waals surface area contributed by atoms with E-state index >= 15 is 0 Å². The van der Waals surface area contributed by atoms with Crippen LogP contribution in [0.15, 0.2) is 17.3 Å². The zero-order valence-corrected chi connectivity index (χ0v) is 9.99. The van der Waals surface area contributed by atoms with E-state index < -0.39 is 15.3 Å². The SMILES string of the molecule is O=S(=O)([O-])c1nc2cc3c(cc2[nH]1)OCCCO3. The highest BCUT2D eigenvalue weighted by atomic mass is 32.2. The van der Waals surface area contributed by atoms with Gasteiger partial charge in [-0.05, 0) is 0 Å². The lowest BCUT2D eigenvalue weighted by Gasteiger charge is -2.05. The minimum absolute atomic E-state index is 0.355. The smallest absolute Gasteiger partial charge is 0.213 e. The number of rotatable bonds is 1. The van der Waals surface area contributed by atoms with Crippen LogP contribution in [-0.2, 0) is 10.1 Å². The van der Waals surface area contributed by atoms with E-state index in [0.29, 0.717) is 35.7 Å². The van der Waals surface area contributed by atoms with Crippen LogP contribution in [0.4, 0.5) is 0 Å². The lowest BCUT2D eigenvalue weighted by atomic mass is 10.3. The number of benzene rings is 1. The van der Waals surface area contributed by atoms with Gasteiger partial charge in [0, 0.05) is 18.6 Å². The first kappa shape index (κ1) is 11.3. The third-order valence-electron chi connectivity index (χ3n) is 2.57. The minimum atomic E-state index is -4.59. The van der Waals surface area contributed by atoms with Crippen molar-refractivity contribution in [1.29, 1.82) is 0 Å². The Morgan fingerprint density at radius 2 is 1.89 bits per heavy atom. The predicted octanol–water partition coefficient (Wildman–Crippen LogP) is 0.628. The average molecular weight is 269 g/mol. The summed E-state index contributed by atoms with van der Waals surface area (Å²) in [5.41, 5.74) is 0.780. The summed E-state index contributed by atoms with van der Waals surface area (Å²) in [5, 5.41) is -0.599. The second-order valence-corrected chi connectivity index (χ2v) is 5.16. The first-order valence-electron chi connectivity index (χ1n) is 5.29. The summed E-state index contributed by atoms with van der Waals surface area (Å²) in [4.78, 5) is 6.19. The minimum Gasteiger partial charge on any atom is -0.742 e. The van der Waals surface area contributed by atoms with Gasteiger partial charge in [-0.1, -0.05) is 0 Å². The highest BCUT2D eigenvalue weighted by molar-refractivity contribution is 7.85. The van der Waals surface area contributed by atoms with E-state index in [1.165, 1.54) is 0 Å². The maximum atomic E-state index is 10.9. The molecule has 2 heterocycles. The zero-order chi connectivity index (χ0) is 12.8. The molecule has 1 aromatic carbocycles. The highest BCUT2D eigenvalue weighted by Crippen LogP contribution is 2.33. The van der Waals surface area contributed by atoms with Crippen molar-refractivity contribution >= 4 is 21.2 Å². The molecule has 0 atom stereocenters. The monoisotopic (exact) mass is 269 g/mol. The summed E-state index contributed by atoms with van der Waals surface area (Å²) in [5.74, 6) is 1.01. The van der Waals surface area contributed by atoms with Crippen LogP contribution >= 0.6 is 0 Å². The highest BCUT2D eigenvalue weighted by Gasteiger charge is 2.15. The predicted molar refractivity (Wildman–Crippen MR) is 59.7 cm³/mol. The lowest BCUT2D eigenvalue weighted by molar-refractivity contribution is 0.297. The number of H-pyrrole nitrogens is 1. The molecule has 7 nitrogen and oxygen atoms in total. The molecule has 1 aromatic heterocycles. The molecule has 8 heteroatoms. The van der Waals surface area contributed by atoms with Gasteiger partial charge in [0.1, 0.15) is 0 Å². The first-order valence-corrected chi connectivity index (χ1v) is 6.70. The van der Waals surface area contributed by atoms with Gasteiger partial charge in [-0.2, -0.15) is 0 Å². The van der Waals surface area contributed by atoms with Crippen molar-refractivity contribution in [3.63, 3.8) is 0 Å². The van der Waals surface area contributed by atoms with Crippen molar-refractivity contribution in [2.75, 3.05) is 13.2 Å². The average Bonchev–Trinajstić information content (AvgIpc) is 2.57. The Kier molecular flexibility index (Phi) is 2.42. The van der Waals surface area contributed by atoms with E-state index in [1.54, 1.807) is 12.1 Å². The Balaban J connectivity index is 2.18. The Labute approximate surface area is 102 Å². The molecule has 1 N–H and O–H groups in total. The fourth-order valence-electron chi connectivity index (χ4n) is 1.76. The first-order chi connectivity index (χ1) is 8.54. The van der Waals surface area contributed by atoms with Crippen LogP contribution in [0.1, 0.15) is 6.42 Å². The maximum absolute atomic E-state index is 10.9. The molecule has 0 unspecified atom stereocenters. The maximum Gasteiger partial charge on any atom is 0.213 e. The molecule has 1 aliphatic heterocycles. The van der Waals surface area contributed by atoms with Crippen molar-refractivity contribution in [3.05, 3.63) is 12.1 Å². The van der Waals surface area contributed by atoms with E-state index in [9.17, 15) is 13.0 Å². The van der Waals surface area contributed by atoms with Crippen molar-refractivity contribution in [1.82, 2.24) is 9.97 Å². The third-order valence-corrected chi connectivity index (χ3v) is 3.23. The van der Waals surface area contributed by atoms with Crippen LogP contribution in [-0.4, -0.2) is 36.2 Å². The Morgan fingerprint density at radius 1 is 1.22 bits per heavy atom.